The van der Waals surface area contributed by atoms with Crippen LogP contribution in [0.15, 0.2) is 109 Å². The van der Waals surface area contributed by atoms with Gasteiger partial charge in [0.15, 0.2) is 0 Å². The SMILES string of the molecule is Cc1cc(-c2ccccc2)cc(-c2ccc(B(O)O)cc2)c1.c1ccccc1. The molecule has 0 heterocycles. The Morgan fingerprint density at radius 3 is 1.39 bits per heavy atom. The van der Waals surface area contributed by atoms with Gasteiger partial charge >= 0.3 is 7.12 Å². The molecule has 4 aromatic carbocycles. The molecule has 0 saturated heterocycles. The maximum absolute atomic E-state index is 9.18. The lowest BCUT2D eigenvalue weighted by Gasteiger charge is -2.09. The first-order valence-electron chi connectivity index (χ1n) is 9.27. The summed E-state index contributed by atoms with van der Waals surface area (Å²) in [5, 5.41) is 18.4. The van der Waals surface area contributed by atoms with Crippen LogP contribution in [0.5, 0.6) is 0 Å². The molecule has 3 heteroatoms. The molecule has 0 spiro atoms. The third kappa shape index (κ3) is 5.43. The lowest BCUT2D eigenvalue weighted by Crippen LogP contribution is -2.29. The van der Waals surface area contributed by atoms with Crippen molar-refractivity contribution in [3.63, 3.8) is 0 Å². The van der Waals surface area contributed by atoms with Crippen LogP contribution in [-0.4, -0.2) is 17.2 Å². The van der Waals surface area contributed by atoms with E-state index in [-0.39, 0.29) is 0 Å². The quantitative estimate of drug-likeness (QED) is 0.516. The van der Waals surface area contributed by atoms with Crippen molar-refractivity contribution in [1.82, 2.24) is 0 Å². The molecule has 138 valence electrons. The number of benzene rings is 4. The van der Waals surface area contributed by atoms with Gasteiger partial charge in [-0.25, -0.2) is 0 Å². The fraction of sp³-hybridized carbons (Fsp3) is 0.0400. The highest BCUT2D eigenvalue weighted by atomic mass is 16.4. The van der Waals surface area contributed by atoms with E-state index in [0.29, 0.717) is 5.46 Å². The first-order chi connectivity index (χ1) is 13.6. The molecule has 0 aliphatic rings. The minimum atomic E-state index is -1.42. The molecule has 0 amide bonds. The molecule has 0 saturated carbocycles. The molecule has 2 N–H and O–H groups in total. The molecule has 0 atom stereocenters. The Hall–Kier alpha value is -3.14. The Morgan fingerprint density at radius 1 is 0.500 bits per heavy atom. The van der Waals surface area contributed by atoms with Gasteiger partial charge in [0.1, 0.15) is 0 Å². The van der Waals surface area contributed by atoms with Crippen LogP contribution in [0, 0.1) is 6.92 Å². The van der Waals surface area contributed by atoms with Crippen LogP contribution in [0.25, 0.3) is 22.3 Å². The predicted molar refractivity (Wildman–Crippen MR) is 118 cm³/mol. The second-order valence-corrected chi connectivity index (χ2v) is 6.60. The van der Waals surface area contributed by atoms with E-state index < -0.39 is 7.12 Å². The van der Waals surface area contributed by atoms with Crippen molar-refractivity contribution in [1.29, 1.82) is 0 Å². The van der Waals surface area contributed by atoms with Crippen molar-refractivity contribution >= 4 is 12.6 Å². The summed E-state index contributed by atoms with van der Waals surface area (Å²) in [7, 11) is -1.42. The van der Waals surface area contributed by atoms with Gasteiger partial charge in [-0.2, -0.15) is 0 Å². The van der Waals surface area contributed by atoms with E-state index in [0.717, 1.165) is 11.1 Å². The summed E-state index contributed by atoms with van der Waals surface area (Å²) in [6.45, 7) is 2.09. The number of hydrogen-bond acceptors (Lipinski definition) is 2. The zero-order valence-corrected chi connectivity index (χ0v) is 15.9. The minimum absolute atomic E-state index is 0.500. The van der Waals surface area contributed by atoms with Crippen LogP contribution in [-0.2, 0) is 0 Å². The predicted octanol–water partition coefficient (Wildman–Crippen LogP) is 4.70. The van der Waals surface area contributed by atoms with E-state index in [1.54, 1.807) is 12.1 Å². The Labute approximate surface area is 166 Å². The van der Waals surface area contributed by atoms with Gasteiger partial charge in [-0.1, -0.05) is 103 Å². The highest BCUT2D eigenvalue weighted by Crippen LogP contribution is 2.27. The van der Waals surface area contributed by atoms with Crippen LogP contribution in [0.4, 0.5) is 0 Å². The summed E-state index contributed by atoms with van der Waals surface area (Å²) >= 11 is 0. The smallest absolute Gasteiger partial charge is 0.423 e. The average Bonchev–Trinajstić information content (AvgIpc) is 2.76. The van der Waals surface area contributed by atoms with Crippen molar-refractivity contribution in [2.75, 3.05) is 0 Å². The molecule has 0 bridgehead atoms. The summed E-state index contributed by atoms with van der Waals surface area (Å²) < 4.78 is 0. The summed E-state index contributed by atoms with van der Waals surface area (Å²) in [5.41, 5.74) is 6.25. The number of hydrogen-bond donors (Lipinski definition) is 2. The fourth-order valence-electron chi connectivity index (χ4n) is 2.98. The molecular formula is C25H23BO2. The van der Waals surface area contributed by atoms with Gasteiger partial charge in [0.25, 0.3) is 0 Å². The second-order valence-electron chi connectivity index (χ2n) is 6.60. The van der Waals surface area contributed by atoms with Gasteiger partial charge in [-0.05, 0) is 46.3 Å². The Balaban J connectivity index is 0.000000320. The maximum Gasteiger partial charge on any atom is 0.488 e. The molecule has 4 aromatic rings. The molecule has 0 fully saturated rings. The molecule has 0 unspecified atom stereocenters. The highest BCUT2D eigenvalue weighted by molar-refractivity contribution is 6.58. The van der Waals surface area contributed by atoms with Crippen molar-refractivity contribution in [2.45, 2.75) is 6.92 Å². The summed E-state index contributed by atoms with van der Waals surface area (Å²) in [6.07, 6.45) is 0. The molecule has 4 rings (SSSR count). The molecule has 28 heavy (non-hydrogen) atoms. The Morgan fingerprint density at radius 2 is 0.929 bits per heavy atom. The van der Waals surface area contributed by atoms with Crippen molar-refractivity contribution < 1.29 is 10.0 Å². The van der Waals surface area contributed by atoms with Crippen LogP contribution in [0.3, 0.4) is 0 Å². The maximum atomic E-state index is 9.18. The fourth-order valence-corrected chi connectivity index (χ4v) is 2.98. The lowest BCUT2D eigenvalue weighted by atomic mass is 9.80. The molecule has 0 aliphatic heterocycles. The molecular weight excluding hydrogens is 343 g/mol. The largest absolute Gasteiger partial charge is 0.488 e. The van der Waals surface area contributed by atoms with Crippen molar-refractivity contribution in [3.05, 3.63) is 115 Å². The van der Waals surface area contributed by atoms with Crippen LogP contribution < -0.4 is 5.46 Å². The average molecular weight is 366 g/mol. The standard InChI is InChI=1S/C19H17BO2.C6H6/c1-14-11-17(15-5-3-2-4-6-15)13-18(12-14)16-7-9-19(10-8-16)20(21)22;1-2-4-6-5-3-1/h2-13,21-22H,1H3;1-6H. The van der Waals surface area contributed by atoms with E-state index in [9.17, 15) is 10.0 Å². The number of aryl methyl sites for hydroxylation is 1. The van der Waals surface area contributed by atoms with E-state index in [2.05, 4.69) is 37.3 Å². The zero-order chi connectivity index (χ0) is 19.8. The second kappa shape index (κ2) is 9.70. The van der Waals surface area contributed by atoms with Gasteiger partial charge < -0.3 is 10.0 Å². The zero-order valence-electron chi connectivity index (χ0n) is 15.9. The van der Waals surface area contributed by atoms with Crippen LogP contribution >= 0.6 is 0 Å². The van der Waals surface area contributed by atoms with E-state index in [1.807, 2.05) is 66.7 Å². The number of rotatable bonds is 3. The van der Waals surface area contributed by atoms with Crippen LogP contribution in [0.1, 0.15) is 5.56 Å². The summed E-state index contributed by atoms with van der Waals surface area (Å²) in [6, 6.07) is 36.1. The summed E-state index contributed by atoms with van der Waals surface area (Å²) in [5.74, 6) is 0. The Bertz CT molecular complexity index is 955. The topological polar surface area (TPSA) is 40.5 Å². The van der Waals surface area contributed by atoms with E-state index >= 15 is 0 Å². The monoisotopic (exact) mass is 366 g/mol. The van der Waals surface area contributed by atoms with E-state index in [4.69, 9.17) is 0 Å². The molecule has 2 nitrogen and oxygen atoms in total. The normalized spacial score (nSPS) is 9.96. The third-order valence-electron chi connectivity index (χ3n) is 4.39. The summed E-state index contributed by atoms with van der Waals surface area (Å²) in [4.78, 5) is 0. The van der Waals surface area contributed by atoms with Gasteiger partial charge in [0.05, 0.1) is 0 Å². The third-order valence-corrected chi connectivity index (χ3v) is 4.39. The van der Waals surface area contributed by atoms with Crippen molar-refractivity contribution in [3.8, 4) is 22.3 Å². The van der Waals surface area contributed by atoms with E-state index in [1.165, 1.54) is 16.7 Å². The lowest BCUT2D eigenvalue weighted by molar-refractivity contribution is 0.426. The molecule has 0 aromatic heterocycles. The van der Waals surface area contributed by atoms with Gasteiger partial charge in [-0.15, -0.1) is 0 Å². The minimum Gasteiger partial charge on any atom is -0.423 e. The molecule has 0 aliphatic carbocycles. The Kier molecular flexibility index (Phi) is 6.80. The highest BCUT2D eigenvalue weighted by Gasteiger charge is 2.10. The molecule has 0 radical (unpaired) electrons. The first kappa shape index (κ1) is 19.6. The first-order valence-corrected chi connectivity index (χ1v) is 9.27. The van der Waals surface area contributed by atoms with Crippen LogP contribution in [0.2, 0.25) is 0 Å². The van der Waals surface area contributed by atoms with Gasteiger partial charge in [0.2, 0.25) is 0 Å². The van der Waals surface area contributed by atoms with Gasteiger partial charge in [0, 0.05) is 0 Å². The van der Waals surface area contributed by atoms with Crippen molar-refractivity contribution in [2.24, 2.45) is 0 Å². The van der Waals surface area contributed by atoms with Gasteiger partial charge in [-0.3, -0.25) is 0 Å².